The fraction of sp³-hybridized carbons (Fsp3) is 0.571. The molecule has 0 aromatic heterocycles. The van der Waals surface area contributed by atoms with Gasteiger partial charge in [0, 0.05) is 6.04 Å². The lowest BCUT2D eigenvalue weighted by Crippen LogP contribution is -2.39. The maximum atomic E-state index is 12.8. The average Bonchev–Trinajstić information content (AvgIpc) is 2.41. The van der Waals surface area contributed by atoms with Crippen LogP contribution in [0.3, 0.4) is 0 Å². The molecule has 21 heavy (non-hydrogen) atoms. The van der Waals surface area contributed by atoms with Crippen molar-refractivity contribution < 1.29 is 21.6 Å². The van der Waals surface area contributed by atoms with Crippen LogP contribution in [0.2, 0.25) is 0 Å². The van der Waals surface area contributed by atoms with Gasteiger partial charge in [0.1, 0.15) is 0 Å². The van der Waals surface area contributed by atoms with E-state index in [0.717, 1.165) is 18.6 Å². The van der Waals surface area contributed by atoms with Gasteiger partial charge in [0.2, 0.25) is 0 Å². The molecule has 0 spiro atoms. The molecule has 1 N–H and O–H groups in total. The van der Waals surface area contributed by atoms with E-state index in [1.54, 1.807) is 13.1 Å². The molecule has 2 unspecified atom stereocenters. The van der Waals surface area contributed by atoms with Gasteiger partial charge in [-0.05, 0) is 37.6 Å². The van der Waals surface area contributed by atoms with Crippen LogP contribution in [-0.2, 0) is 16.0 Å². The minimum absolute atomic E-state index is 0.106. The van der Waals surface area contributed by atoms with Gasteiger partial charge < -0.3 is 5.32 Å². The summed E-state index contributed by atoms with van der Waals surface area (Å²) in [5.41, 5.74) is -0.392. The van der Waals surface area contributed by atoms with E-state index in [2.05, 4.69) is 5.32 Å². The van der Waals surface area contributed by atoms with E-state index in [-0.39, 0.29) is 5.75 Å². The number of nitrogens with one attached hydrogen (secondary N) is 1. The number of benzene rings is 1. The molecule has 1 aromatic rings. The van der Waals surface area contributed by atoms with Crippen LogP contribution in [0.15, 0.2) is 24.3 Å². The summed E-state index contributed by atoms with van der Waals surface area (Å²) in [6.45, 7) is 0. The van der Waals surface area contributed by atoms with Gasteiger partial charge in [0.25, 0.3) is 0 Å². The zero-order chi connectivity index (χ0) is 15.7. The van der Waals surface area contributed by atoms with E-state index >= 15 is 0 Å². The highest BCUT2D eigenvalue weighted by Crippen LogP contribution is 2.34. The number of hydrogen-bond donors (Lipinski definition) is 1. The smallest absolute Gasteiger partial charge is 0.312 e. The third kappa shape index (κ3) is 3.58. The van der Waals surface area contributed by atoms with Crippen molar-refractivity contribution in [1.82, 2.24) is 5.32 Å². The van der Waals surface area contributed by atoms with Gasteiger partial charge in [-0.15, -0.1) is 0 Å². The van der Waals surface area contributed by atoms with Crippen molar-refractivity contribution in [2.75, 3.05) is 12.8 Å². The number of rotatable bonds is 3. The highest BCUT2D eigenvalue weighted by molar-refractivity contribution is 7.92. The maximum Gasteiger partial charge on any atom is 0.416 e. The second kappa shape index (κ2) is 5.96. The van der Waals surface area contributed by atoms with Gasteiger partial charge in [-0.2, -0.15) is 13.2 Å². The van der Waals surface area contributed by atoms with E-state index in [9.17, 15) is 21.6 Å². The molecular weight excluding hydrogens is 303 g/mol. The van der Waals surface area contributed by atoms with Crippen molar-refractivity contribution in [3.63, 3.8) is 0 Å². The molecule has 0 aliphatic carbocycles. The Hall–Kier alpha value is -1.08. The molecule has 7 heteroatoms. The van der Waals surface area contributed by atoms with Crippen LogP contribution in [-0.4, -0.2) is 26.5 Å². The maximum absolute atomic E-state index is 12.8. The molecule has 3 nitrogen and oxygen atoms in total. The Morgan fingerprint density at radius 2 is 2.00 bits per heavy atom. The Morgan fingerprint density at radius 3 is 2.57 bits per heavy atom. The van der Waals surface area contributed by atoms with E-state index in [0.29, 0.717) is 18.4 Å². The fourth-order valence-corrected chi connectivity index (χ4v) is 4.97. The first kappa shape index (κ1) is 16.3. The molecule has 0 bridgehead atoms. The quantitative estimate of drug-likeness (QED) is 0.931. The first-order chi connectivity index (χ1) is 9.75. The summed E-state index contributed by atoms with van der Waals surface area (Å²) in [5.74, 6) is 0.106. The molecule has 2 atom stereocenters. The normalized spacial score (nSPS) is 23.7. The largest absolute Gasteiger partial charge is 0.416 e. The molecular formula is C14H18F3NO2S. The molecule has 0 saturated carbocycles. The second-order valence-electron chi connectivity index (χ2n) is 5.29. The van der Waals surface area contributed by atoms with E-state index in [1.807, 2.05) is 0 Å². The molecule has 1 aliphatic rings. The van der Waals surface area contributed by atoms with Crippen LogP contribution in [0.4, 0.5) is 13.2 Å². The lowest BCUT2D eigenvalue weighted by Gasteiger charge is -2.30. The molecule has 0 radical (unpaired) electrons. The summed E-state index contributed by atoms with van der Waals surface area (Å²) >= 11 is 0. The van der Waals surface area contributed by atoms with E-state index < -0.39 is 32.9 Å². The average molecular weight is 321 g/mol. The minimum Gasteiger partial charge on any atom is -0.312 e. The van der Waals surface area contributed by atoms with E-state index in [4.69, 9.17) is 0 Å². The van der Waals surface area contributed by atoms with Gasteiger partial charge in [0.15, 0.2) is 9.84 Å². The predicted molar refractivity (Wildman–Crippen MR) is 74.7 cm³/mol. The van der Waals surface area contributed by atoms with Crippen LogP contribution in [0.1, 0.15) is 36.4 Å². The number of hydrogen-bond acceptors (Lipinski definition) is 3. The Bertz CT molecular complexity index is 598. The van der Waals surface area contributed by atoms with Crippen molar-refractivity contribution in [3.8, 4) is 0 Å². The second-order valence-corrected chi connectivity index (χ2v) is 7.63. The highest BCUT2D eigenvalue weighted by Gasteiger charge is 2.37. The van der Waals surface area contributed by atoms with Gasteiger partial charge in [-0.3, -0.25) is 0 Å². The lowest BCUT2D eigenvalue weighted by atomic mass is 9.98. The molecule has 118 valence electrons. The fourth-order valence-electron chi connectivity index (χ4n) is 2.83. The number of halogens is 3. The van der Waals surface area contributed by atoms with Crippen LogP contribution >= 0.6 is 0 Å². The Labute approximate surface area is 122 Å². The van der Waals surface area contributed by atoms with Gasteiger partial charge in [-0.25, -0.2) is 8.42 Å². The summed E-state index contributed by atoms with van der Waals surface area (Å²) in [7, 11) is -1.70. The van der Waals surface area contributed by atoms with Crippen LogP contribution < -0.4 is 5.32 Å². The van der Waals surface area contributed by atoms with Crippen molar-refractivity contribution in [3.05, 3.63) is 35.4 Å². The van der Waals surface area contributed by atoms with Crippen LogP contribution in [0.25, 0.3) is 0 Å². The highest BCUT2D eigenvalue weighted by atomic mass is 32.2. The Kier molecular flexibility index (Phi) is 4.63. The number of alkyl halides is 3. The first-order valence-corrected chi connectivity index (χ1v) is 8.53. The Balaban J connectivity index is 2.38. The van der Waals surface area contributed by atoms with Crippen molar-refractivity contribution >= 4 is 9.84 Å². The molecule has 1 heterocycles. The molecule has 0 amide bonds. The molecule has 1 fully saturated rings. The summed E-state index contributed by atoms with van der Waals surface area (Å²) in [6.07, 6.45) is -2.55. The minimum atomic E-state index is -4.43. The third-order valence-electron chi connectivity index (χ3n) is 3.88. The van der Waals surface area contributed by atoms with Crippen molar-refractivity contribution in [2.45, 2.75) is 36.7 Å². The summed E-state index contributed by atoms with van der Waals surface area (Å²) < 4.78 is 62.7. The number of sulfone groups is 1. The predicted octanol–water partition coefficient (Wildman–Crippen LogP) is 2.93. The first-order valence-electron chi connectivity index (χ1n) is 6.81. The molecule has 1 aliphatic heterocycles. The topological polar surface area (TPSA) is 46.2 Å². The summed E-state index contributed by atoms with van der Waals surface area (Å²) in [5, 5.41) is 2.21. The zero-order valence-corrected chi connectivity index (χ0v) is 12.5. The monoisotopic (exact) mass is 321 g/mol. The lowest BCUT2D eigenvalue weighted by molar-refractivity contribution is -0.137. The molecule has 2 rings (SSSR count). The van der Waals surface area contributed by atoms with Gasteiger partial charge in [-0.1, -0.05) is 18.6 Å². The summed E-state index contributed by atoms with van der Waals surface area (Å²) in [6, 6.07) is 4.27. The SMILES string of the molecule is CNC(c1cccc(C(F)(F)F)c1)C1CCCCS1(=O)=O. The summed E-state index contributed by atoms with van der Waals surface area (Å²) in [4.78, 5) is 0. The van der Waals surface area contributed by atoms with Crippen LogP contribution in [0, 0.1) is 0 Å². The van der Waals surface area contributed by atoms with E-state index in [1.165, 1.54) is 6.07 Å². The van der Waals surface area contributed by atoms with Crippen LogP contribution in [0.5, 0.6) is 0 Å². The van der Waals surface area contributed by atoms with Gasteiger partial charge >= 0.3 is 6.18 Å². The zero-order valence-electron chi connectivity index (χ0n) is 11.7. The molecule has 1 saturated heterocycles. The Morgan fingerprint density at radius 1 is 1.29 bits per heavy atom. The third-order valence-corrected chi connectivity index (χ3v) is 6.17. The van der Waals surface area contributed by atoms with Crippen molar-refractivity contribution in [2.24, 2.45) is 0 Å². The van der Waals surface area contributed by atoms with Gasteiger partial charge in [0.05, 0.1) is 16.6 Å². The molecule has 1 aromatic carbocycles. The van der Waals surface area contributed by atoms with Crippen molar-refractivity contribution in [1.29, 1.82) is 0 Å². The standard InChI is InChI=1S/C14H18F3NO2S/c1-18-13(12-7-2-3-8-21(12,19)20)10-5-4-6-11(9-10)14(15,16)17/h4-6,9,12-13,18H,2-3,7-8H2,1H3.